The molecule has 1 atom stereocenters. The smallest absolute Gasteiger partial charge is 0.233 e. The molecule has 0 heterocycles. The van der Waals surface area contributed by atoms with Gasteiger partial charge in [0.2, 0.25) is 5.91 Å². The van der Waals surface area contributed by atoms with Gasteiger partial charge in [-0.05, 0) is 13.3 Å². The molecule has 0 aliphatic rings. The molecule has 1 unspecified atom stereocenters. The lowest BCUT2D eigenvalue weighted by atomic mass is 10.4. The van der Waals surface area contributed by atoms with Crippen LogP contribution in [0.3, 0.4) is 0 Å². The van der Waals surface area contributed by atoms with Crippen molar-refractivity contribution in [2.45, 2.75) is 12.2 Å². The molecule has 0 spiro atoms. The monoisotopic (exact) mass is 176 g/mol. The van der Waals surface area contributed by atoms with Gasteiger partial charge in [0.05, 0.1) is 6.54 Å². The van der Waals surface area contributed by atoms with Crippen LogP contribution in [0, 0.1) is 0 Å². The summed E-state index contributed by atoms with van der Waals surface area (Å²) in [5.74, 6) is 0.0633. The first-order valence-corrected chi connectivity index (χ1v) is 4.93. The van der Waals surface area contributed by atoms with Crippen molar-refractivity contribution in [3.63, 3.8) is 0 Å². The van der Waals surface area contributed by atoms with Crippen LogP contribution in [0.2, 0.25) is 0 Å². The van der Waals surface area contributed by atoms with Gasteiger partial charge in [-0.15, -0.1) is 0 Å². The van der Waals surface area contributed by atoms with Gasteiger partial charge in [0.15, 0.2) is 0 Å². The molecule has 0 fully saturated rings. The van der Waals surface area contributed by atoms with Crippen molar-refractivity contribution in [2.75, 3.05) is 26.4 Å². The normalized spacial score (nSPS) is 12.6. The summed E-state index contributed by atoms with van der Waals surface area (Å²) in [6, 6.07) is 0. The van der Waals surface area contributed by atoms with Crippen molar-refractivity contribution in [1.29, 1.82) is 0 Å². The molecule has 0 aliphatic heterocycles. The quantitative estimate of drug-likeness (QED) is 0.623. The number of hydrogen-bond donors (Lipinski definition) is 2. The number of carbonyl (C=O) groups excluding carboxylic acids is 1. The highest BCUT2D eigenvalue weighted by Crippen LogP contribution is 2.01. The maximum atomic E-state index is 10.9. The van der Waals surface area contributed by atoms with Gasteiger partial charge in [-0.3, -0.25) is 4.79 Å². The van der Waals surface area contributed by atoms with Crippen LogP contribution in [-0.4, -0.2) is 37.6 Å². The predicted molar refractivity (Wildman–Crippen MR) is 49.9 cm³/mol. The Hall–Kier alpha value is -0.220. The van der Waals surface area contributed by atoms with Gasteiger partial charge < -0.3 is 10.6 Å². The van der Waals surface area contributed by atoms with Crippen LogP contribution < -0.4 is 10.6 Å². The van der Waals surface area contributed by atoms with E-state index >= 15 is 0 Å². The minimum Gasteiger partial charge on any atom is -0.354 e. The minimum atomic E-state index is 0.0633. The summed E-state index contributed by atoms with van der Waals surface area (Å²) in [7, 11) is 1.76. The number of thioether (sulfide) groups is 1. The number of carbonyl (C=O) groups is 1. The van der Waals surface area contributed by atoms with E-state index in [-0.39, 0.29) is 5.91 Å². The fourth-order valence-corrected chi connectivity index (χ4v) is 0.814. The van der Waals surface area contributed by atoms with Crippen LogP contribution in [0.5, 0.6) is 0 Å². The molecule has 0 saturated heterocycles. The molecule has 11 heavy (non-hydrogen) atoms. The molecule has 0 aromatic carbocycles. The second kappa shape index (κ2) is 6.49. The van der Waals surface area contributed by atoms with Crippen LogP contribution in [0.1, 0.15) is 6.92 Å². The van der Waals surface area contributed by atoms with Crippen molar-refractivity contribution in [1.82, 2.24) is 10.6 Å². The van der Waals surface area contributed by atoms with E-state index in [4.69, 9.17) is 0 Å². The molecule has 4 heteroatoms. The summed E-state index contributed by atoms with van der Waals surface area (Å²) < 4.78 is 0. The molecule has 0 aromatic heterocycles. The number of amides is 1. The number of likely N-dealkylation sites (N-methyl/N-ethyl adjacent to an activating group) is 1. The molecule has 0 rings (SSSR count). The van der Waals surface area contributed by atoms with E-state index in [1.54, 1.807) is 18.8 Å². The van der Waals surface area contributed by atoms with Crippen LogP contribution in [0.4, 0.5) is 0 Å². The Morgan fingerprint density at radius 1 is 1.64 bits per heavy atom. The third kappa shape index (κ3) is 6.19. The van der Waals surface area contributed by atoms with E-state index in [2.05, 4.69) is 17.6 Å². The molecule has 0 bridgehead atoms. The first-order chi connectivity index (χ1) is 5.20. The third-order valence-electron chi connectivity index (χ3n) is 1.33. The summed E-state index contributed by atoms with van der Waals surface area (Å²) in [5, 5.41) is 6.10. The van der Waals surface area contributed by atoms with Crippen molar-refractivity contribution in [3.8, 4) is 0 Å². The average Bonchev–Trinajstić information content (AvgIpc) is 2.01. The van der Waals surface area contributed by atoms with E-state index in [0.29, 0.717) is 11.8 Å². The van der Waals surface area contributed by atoms with Gasteiger partial charge in [-0.1, -0.05) is 6.92 Å². The van der Waals surface area contributed by atoms with E-state index in [9.17, 15) is 4.79 Å². The van der Waals surface area contributed by atoms with E-state index in [1.165, 1.54) is 0 Å². The van der Waals surface area contributed by atoms with Crippen LogP contribution in [-0.2, 0) is 4.79 Å². The highest BCUT2D eigenvalue weighted by molar-refractivity contribution is 7.99. The van der Waals surface area contributed by atoms with Crippen molar-refractivity contribution < 1.29 is 4.79 Å². The van der Waals surface area contributed by atoms with Gasteiger partial charge in [0, 0.05) is 11.8 Å². The predicted octanol–water partition coefficient (Wildman–Crippen LogP) is 0.0735. The Morgan fingerprint density at radius 2 is 2.27 bits per heavy atom. The summed E-state index contributed by atoms with van der Waals surface area (Å²) in [4.78, 5) is 10.9. The number of rotatable bonds is 5. The fourth-order valence-electron chi connectivity index (χ4n) is 0.564. The molecule has 2 N–H and O–H groups in total. The minimum absolute atomic E-state index is 0.0633. The van der Waals surface area contributed by atoms with Crippen molar-refractivity contribution >= 4 is 17.7 Å². The van der Waals surface area contributed by atoms with Crippen LogP contribution >= 0.6 is 11.8 Å². The Morgan fingerprint density at radius 3 is 2.73 bits per heavy atom. The molecule has 66 valence electrons. The second-order valence-corrected chi connectivity index (χ2v) is 3.66. The van der Waals surface area contributed by atoms with Gasteiger partial charge in [-0.25, -0.2) is 0 Å². The van der Waals surface area contributed by atoms with Crippen LogP contribution in [0.25, 0.3) is 0 Å². The molecule has 0 aromatic rings. The molecule has 0 aliphatic carbocycles. The first kappa shape index (κ1) is 10.8. The summed E-state index contributed by atoms with van der Waals surface area (Å²) >= 11 is 1.75. The van der Waals surface area contributed by atoms with Crippen molar-refractivity contribution in [2.24, 2.45) is 0 Å². The third-order valence-corrected chi connectivity index (χ3v) is 2.30. The van der Waals surface area contributed by atoms with E-state index in [0.717, 1.165) is 6.54 Å². The average molecular weight is 176 g/mol. The Kier molecular flexibility index (Phi) is 6.36. The number of nitrogens with one attached hydrogen (secondary N) is 2. The topological polar surface area (TPSA) is 41.1 Å². The maximum Gasteiger partial charge on any atom is 0.233 e. The molecule has 0 saturated carbocycles. The summed E-state index contributed by atoms with van der Waals surface area (Å²) in [6.07, 6.45) is 2.04. The first-order valence-electron chi connectivity index (χ1n) is 3.64. The van der Waals surface area contributed by atoms with Gasteiger partial charge in [0.1, 0.15) is 0 Å². The zero-order valence-corrected chi connectivity index (χ0v) is 8.12. The molecular formula is C7H16N2OS. The largest absolute Gasteiger partial charge is 0.354 e. The Bertz CT molecular complexity index is 119. The maximum absolute atomic E-state index is 10.9. The second-order valence-electron chi connectivity index (χ2n) is 2.38. The highest BCUT2D eigenvalue weighted by atomic mass is 32.2. The lowest BCUT2D eigenvalue weighted by Gasteiger charge is -2.08. The molecule has 1 amide bonds. The summed E-state index contributed by atoms with van der Waals surface area (Å²) in [6.45, 7) is 3.24. The number of hydrogen-bond acceptors (Lipinski definition) is 3. The van der Waals surface area contributed by atoms with E-state index < -0.39 is 0 Å². The Balaban J connectivity index is 3.30. The fraction of sp³-hybridized carbons (Fsp3) is 0.857. The van der Waals surface area contributed by atoms with Gasteiger partial charge in [-0.2, -0.15) is 11.8 Å². The lowest BCUT2D eigenvalue weighted by molar-refractivity contribution is -0.120. The van der Waals surface area contributed by atoms with Crippen LogP contribution in [0.15, 0.2) is 0 Å². The van der Waals surface area contributed by atoms with E-state index in [1.807, 2.05) is 6.26 Å². The lowest BCUT2D eigenvalue weighted by Crippen LogP contribution is -2.35. The molecule has 3 nitrogen and oxygen atoms in total. The summed E-state index contributed by atoms with van der Waals surface area (Å²) in [5.41, 5.74) is 0. The van der Waals surface area contributed by atoms with Crippen molar-refractivity contribution in [3.05, 3.63) is 0 Å². The zero-order valence-electron chi connectivity index (χ0n) is 7.31. The zero-order chi connectivity index (χ0) is 8.69. The Labute approximate surface area is 72.3 Å². The highest BCUT2D eigenvalue weighted by Gasteiger charge is 2.01. The van der Waals surface area contributed by atoms with Gasteiger partial charge >= 0.3 is 0 Å². The van der Waals surface area contributed by atoms with Gasteiger partial charge in [0.25, 0.3) is 0 Å². The standard InChI is InChI=1S/C7H16N2OS/c1-6(11-3)4-9-7(10)5-8-2/h6,8H,4-5H2,1-3H3,(H,9,10). The molecule has 0 radical (unpaired) electrons. The molecular weight excluding hydrogens is 160 g/mol. The SMILES string of the molecule is CNCC(=O)NCC(C)SC.